The Bertz CT molecular complexity index is 842. The number of hydrogen-bond acceptors (Lipinski definition) is 6. The fourth-order valence-electron chi connectivity index (χ4n) is 2.33. The topological polar surface area (TPSA) is 133 Å². The van der Waals surface area contributed by atoms with Crippen LogP contribution < -0.4 is 5.32 Å². The van der Waals surface area contributed by atoms with Crippen molar-refractivity contribution in [1.82, 2.24) is 9.78 Å². The largest absolute Gasteiger partial charge is 0.324 e. The second-order valence-corrected chi connectivity index (χ2v) is 5.24. The van der Waals surface area contributed by atoms with Gasteiger partial charge < -0.3 is 5.32 Å². The van der Waals surface area contributed by atoms with E-state index in [1.54, 1.807) is 6.92 Å². The first-order valence-electron chi connectivity index (χ1n) is 6.94. The molecule has 1 heterocycles. The van der Waals surface area contributed by atoms with Crippen LogP contribution in [0.15, 0.2) is 18.2 Å². The molecule has 0 fully saturated rings. The summed E-state index contributed by atoms with van der Waals surface area (Å²) in [5.41, 5.74) is 1.30. The zero-order chi connectivity index (χ0) is 18.0. The molecule has 10 nitrogen and oxygen atoms in total. The first-order valence-corrected chi connectivity index (χ1v) is 6.94. The zero-order valence-electron chi connectivity index (χ0n) is 13.3. The second kappa shape index (κ2) is 6.44. The summed E-state index contributed by atoms with van der Waals surface area (Å²) in [6, 6.07) is 4.08. The van der Waals surface area contributed by atoms with E-state index in [1.165, 1.54) is 36.7 Å². The Kier molecular flexibility index (Phi) is 4.58. The number of aromatic nitrogens is 2. The van der Waals surface area contributed by atoms with E-state index in [2.05, 4.69) is 10.4 Å². The molecule has 1 amide bonds. The van der Waals surface area contributed by atoms with Crippen LogP contribution in [0.5, 0.6) is 0 Å². The van der Waals surface area contributed by atoms with E-state index in [4.69, 9.17) is 0 Å². The molecule has 0 aliphatic heterocycles. The molecule has 0 aliphatic carbocycles. The van der Waals surface area contributed by atoms with E-state index in [0.717, 1.165) is 0 Å². The number of nitrogens with one attached hydrogen (secondary N) is 1. The fourth-order valence-corrected chi connectivity index (χ4v) is 2.33. The molecule has 126 valence electrons. The summed E-state index contributed by atoms with van der Waals surface area (Å²) in [5, 5.41) is 28.3. The van der Waals surface area contributed by atoms with Gasteiger partial charge in [-0.1, -0.05) is 0 Å². The van der Waals surface area contributed by atoms with E-state index < -0.39 is 15.8 Å². The Balaban J connectivity index is 2.16. The molecule has 0 radical (unpaired) electrons. The number of anilines is 1. The Hall–Kier alpha value is -3.30. The second-order valence-electron chi connectivity index (χ2n) is 5.24. The third kappa shape index (κ3) is 3.37. The first-order chi connectivity index (χ1) is 11.2. The quantitative estimate of drug-likeness (QED) is 0.659. The number of nitro groups is 2. The number of carbonyl (C=O) groups is 1. The minimum Gasteiger partial charge on any atom is -0.324 e. The maximum absolute atomic E-state index is 12.1. The van der Waals surface area contributed by atoms with Gasteiger partial charge in [0.15, 0.2) is 0 Å². The summed E-state index contributed by atoms with van der Waals surface area (Å²) in [6.07, 6.45) is 0. The minimum absolute atomic E-state index is 0.0698. The summed E-state index contributed by atoms with van der Waals surface area (Å²) < 4.78 is 1.25. The summed E-state index contributed by atoms with van der Waals surface area (Å²) >= 11 is 0. The third-order valence-electron chi connectivity index (χ3n) is 3.51. The number of nitrogens with zero attached hydrogens (tertiary/aromatic N) is 4. The molecule has 0 saturated heterocycles. The number of aryl methyl sites for hydroxylation is 2. The Labute approximate surface area is 136 Å². The molecule has 1 N–H and O–H groups in total. The smallest absolute Gasteiger partial charge is 0.312 e. The van der Waals surface area contributed by atoms with Crippen LogP contribution in [0.4, 0.5) is 17.1 Å². The summed E-state index contributed by atoms with van der Waals surface area (Å²) in [4.78, 5) is 32.7. The third-order valence-corrected chi connectivity index (χ3v) is 3.51. The van der Waals surface area contributed by atoms with Gasteiger partial charge in [0.25, 0.3) is 5.69 Å². The lowest BCUT2D eigenvalue weighted by Gasteiger charge is -2.09. The highest BCUT2D eigenvalue weighted by Crippen LogP contribution is 2.23. The molecule has 10 heteroatoms. The van der Waals surface area contributed by atoms with E-state index in [1.807, 2.05) is 0 Å². The van der Waals surface area contributed by atoms with Gasteiger partial charge in [-0.05, 0) is 32.4 Å². The van der Waals surface area contributed by atoms with E-state index in [9.17, 15) is 25.0 Å². The molecule has 2 rings (SSSR count). The Morgan fingerprint density at radius 2 is 1.88 bits per heavy atom. The van der Waals surface area contributed by atoms with Crippen molar-refractivity contribution >= 4 is 23.0 Å². The molecule has 1 aromatic heterocycles. The maximum Gasteiger partial charge on any atom is 0.312 e. The lowest BCUT2D eigenvalue weighted by Crippen LogP contribution is -2.20. The highest BCUT2D eigenvalue weighted by atomic mass is 16.6. The van der Waals surface area contributed by atoms with Crippen molar-refractivity contribution < 1.29 is 14.6 Å². The predicted octanol–water partition coefficient (Wildman–Crippen LogP) is 2.26. The van der Waals surface area contributed by atoms with Crippen molar-refractivity contribution in [3.8, 4) is 0 Å². The van der Waals surface area contributed by atoms with Crippen LogP contribution in [-0.4, -0.2) is 25.5 Å². The van der Waals surface area contributed by atoms with Gasteiger partial charge in [0.1, 0.15) is 17.9 Å². The van der Waals surface area contributed by atoms with Crippen molar-refractivity contribution in [1.29, 1.82) is 0 Å². The van der Waals surface area contributed by atoms with Crippen molar-refractivity contribution in [3.63, 3.8) is 0 Å². The number of carbonyl (C=O) groups excluding carboxylic acids is 1. The van der Waals surface area contributed by atoms with E-state index >= 15 is 0 Å². The van der Waals surface area contributed by atoms with Gasteiger partial charge in [-0.2, -0.15) is 5.10 Å². The lowest BCUT2D eigenvalue weighted by atomic mass is 10.2. The van der Waals surface area contributed by atoms with Crippen LogP contribution >= 0.6 is 0 Å². The van der Waals surface area contributed by atoms with Crippen LogP contribution in [0.25, 0.3) is 0 Å². The molecule has 0 aliphatic rings. The zero-order valence-corrected chi connectivity index (χ0v) is 13.3. The van der Waals surface area contributed by atoms with Gasteiger partial charge >= 0.3 is 5.69 Å². The first kappa shape index (κ1) is 17.1. The number of benzene rings is 1. The Morgan fingerprint density at radius 3 is 2.38 bits per heavy atom. The molecule has 0 unspecified atom stereocenters. The number of nitro benzene ring substituents is 1. The van der Waals surface area contributed by atoms with Gasteiger partial charge in [-0.25, -0.2) is 0 Å². The van der Waals surface area contributed by atoms with Gasteiger partial charge in [0.05, 0.1) is 9.85 Å². The molecule has 2 aromatic rings. The molecule has 24 heavy (non-hydrogen) atoms. The lowest BCUT2D eigenvalue weighted by molar-refractivity contribution is -0.386. The number of hydrogen-bond donors (Lipinski definition) is 1. The fraction of sp³-hybridized carbons (Fsp3) is 0.286. The molecule has 0 spiro atoms. The molecular weight excluding hydrogens is 318 g/mol. The van der Waals surface area contributed by atoms with E-state index in [-0.39, 0.29) is 29.3 Å². The summed E-state index contributed by atoms with van der Waals surface area (Å²) in [7, 11) is 0. The highest BCUT2D eigenvalue weighted by Gasteiger charge is 2.22. The van der Waals surface area contributed by atoms with Gasteiger partial charge in [-0.3, -0.25) is 29.7 Å². The Morgan fingerprint density at radius 1 is 1.21 bits per heavy atom. The normalized spacial score (nSPS) is 10.5. The number of amides is 1. The predicted molar refractivity (Wildman–Crippen MR) is 84.8 cm³/mol. The molecular formula is C14H15N5O5. The summed E-state index contributed by atoms with van der Waals surface area (Å²) in [6.45, 7) is 4.45. The maximum atomic E-state index is 12.1. The van der Waals surface area contributed by atoms with Crippen LogP contribution in [-0.2, 0) is 11.3 Å². The van der Waals surface area contributed by atoms with Crippen molar-refractivity contribution in [3.05, 3.63) is 55.4 Å². The molecule has 0 bridgehead atoms. The van der Waals surface area contributed by atoms with Crippen LogP contribution in [0.3, 0.4) is 0 Å². The van der Waals surface area contributed by atoms with Gasteiger partial charge in [0.2, 0.25) is 5.91 Å². The molecule has 1 aromatic carbocycles. The van der Waals surface area contributed by atoms with Gasteiger partial charge in [0, 0.05) is 17.8 Å². The molecule has 0 saturated carbocycles. The van der Waals surface area contributed by atoms with Crippen molar-refractivity contribution in [2.24, 2.45) is 0 Å². The monoisotopic (exact) mass is 333 g/mol. The SMILES string of the molecule is Cc1cc([N+](=O)[O-])ccc1NC(=O)Cn1nc(C)c([N+](=O)[O-])c1C. The highest BCUT2D eigenvalue weighted by molar-refractivity contribution is 5.91. The average Bonchev–Trinajstić information content (AvgIpc) is 2.75. The van der Waals surface area contributed by atoms with Crippen LogP contribution in [0, 0.1) is 41.0 Å². The van der Waals surface area contributed by atoms with Gasteiger partial charge in [-0.15, -0.1) is 0 Å². The minimum atomic E-state index is -0.535. The number of rotatable bonds is 5. The van der Waals surface area contributed by atoms with Crippen LogP contribution in [0.2, 0.25) is 0 Å². The van der Waals surface area contributed by atoms with Crippen LogP contribution in [0.1, 0.15) is 17.0 Å². The standard InChI is InChI=1S/C14H15N5O5/c1-8-6-11(18(21)22)4-5-12(8)15-13(20)7-17-10(3)14(19(23)24)9(2)16-17/h4-6H,7H2,1-3H3,(H,15,20). The van der Waals surface area contributed by atoms with E-state index in [0.29, 0.717) is 11.3 Å². The average molecular weight is 333 g/mol. The molecule has 0 atom stereocenters. The summed E-state index contributed by atoms with van der Waals surface area (Å²) in [5.74, 6) is -0.438. The van der Waals surface area contributed by atoms with Crippen molar-refractivity contribution in [2.75, 3.05) is 5.32 Å². The number of non-ortho nitro benzene ring substituents is 1. The van der Waals surface area contributed by atoms with Crippen molar-refractivity contribution in [2.45, 2.75) is 27.3 Å².